The van der Waals surface area contributed by atoms with Crippen LogP contribution in [0.4, 0.5) is 0 Å². The average molecular weight is 316 g/mol. The maximum Gasteiger partial charge on any atom is 0.230 e. The van der Waals surface area contributed by atoms with E-state index in [1.165, 1.54) is 5.19 Å². The molecule has 0 N–H and O–H groups in total. The number of fused-ring (bicyclic) bond motifs is 1. The molecule has 0 bridgehead atoms. The fraction of sp³-hybridized carbons (Fsp3) is 0.294. The first-order valence-corrected chi connectivity index (χ1v) is 12.4. The number of hydrogen-bond acceptors (Lipinski definition) is 2. The number of rotatable bonds is 3. The highest BCUT2D eigenvalue weighted by molar-refractivity contribution is 7.72. The Balaban J connectivity index is 2.28. The van der Waals surface area contributed by atoms with Crippen LogP contribution >= 0.6 is 7.37 Å². The van der Waals surface area contributed by atoms with E-state index in [4.69, 9.17) is 4.52 Å². The lowest BCUT2D eigenvalue weighted by Gasteiger charge is -2.17. The van der Waals surface area contributed by atoms with Crippen LogP contribution in [-0.4, -0.2) is 20.5 Å². The molecule has 0 radical (unpaired) electrons. The lowest BCUT2D eigenvalue weighted by atomic mass is 10.1. The minimum atomic E-state index is -2.72. The van der Waals surface area contributed by atoms with Crippen molar-refractivity contribution in [3.8, 4) is 11.1 Å². The predicted octanol–water partition coefficient (Wildman–Crippen LogP) is 3.76. The van der Waals surface area contributed by atoms with Gasteiger partial charge in [-0.3, -0.25) is 4.57 Å². The predicted molar refractivity (Wildman–Crippen MR) is 92.7 cm³/mol. The third-order valence-electron chi connectivity index (χ3n) is 4.13. The van der Waals surface area contributed by atoms with Gasteiger partial charge < -0.3 is 4.52 Å². The van der Waals surface area contributed by atoms with E-state index in [2.05, 4.69) is 43.4 Å². The molecule has 2 aromatic carbocycles. The summed E-state index contributed by atoms with van der Waals surface area (Å²) in [5.74, 6) is 0.729. The van der Waals surface area contributed by atoms with Crippen molar-refractivity contribution < 1.29 is 9.09 Å². The highest BCUT2D eigenvalue weighted by Crippen LogP contribution is 2.53. The van der Waals surface area contributed by atoms with Crippen molar-refractivity contribution in [2.45, 2.75) is 20.0 Å². The highest BCUT2D eigenvalue weighted by atomic mass is 31.2. The summed E-state index contributed by atoms with van der Waals surface area (Å²) in [6, 6.07) is 16.6. The van der Waals surface area contributed by atoms with Gasteiger partial charge in [0.05, 0.1) is 14.7 Å². The zero-order valence-corrected chi connectivity index (χ0v) is 14.7. The summed E-state index contributed by atoms with van der Waals surface area (Å²) in [4.78, 5) is 0. The number of benzene rings is 2. The van der Waals surface area contributed by atoms with Crippen molar-refractivity contribution >= 4 is 25.9 Å². The van der Waals surface area contributed by atoms with Crippen LogP contribution in [0.5, 0.6) is 0 Å². The van der Waals surface area contributed by atoms with E-state index in [9.17, 15) is 4.57 Å². The molecular formula is C17H21O2PSi. The zero-order chi connectivity index (χ0) is 15.1. The molecule has 4 heteroatoms. The molecule has 21 heavy (non-hydrogen) atoms. The van der Waals surface area contributed by atoms with E-state index in [-0.39, 0.29) is 0 Å². The number of hydrogen-bond donors (Lipinski definition) is 0. The molecule has 1 heterocycles. The molecule has 0 amide bonds. The van der Waals surface area contributed by atoms with Crippen LogP contribution in [-0.2, 0) is 9.09 Å². The van der Waals surface area contributed by atoms with Crippen LogP contribution in [0.25, 0.3) is 11.1 Å². The van der Waals surface area contributed by atoms with Gasteiger partial charge in [-0.2, -0.15) is 0 Å². The van der Waals surface area contributed by atoms with Gasteiger partial charge in [-0.1, -0.05) is 61.6 Å². The van der Waals surface area contributed by atoms with Gasteiger partial charge in [0.25, 0.3) is 0 Å². The Kier molecular flexibility index (Phi) is 3.69. The maximum absolute atomic E-state index is 13.5. The van der Waals surface area contributed by atoms with Gasteiger partial charge in [-0.15, -0.1) is 0 Å². The summed E-state index contributed by atoms with van der Waals surface area (Å²) in [5, 5.41) is 2.30. The Bertz CT molecular complexity index is 710. The van der Waals surface area contributed by atoms with Crippen molar-refractivity contribution in [3.63, 3.8) is 0 Å². The molecule has 2 nitrogen and oxygen atoms in total. The smallest absolute Gasteiger partial charge is 0.230 e. The molecule has 1 atom stereocenters. The SMILES string of the molecule is CCOP1(=O)C[Si](C)(C)c2cccc(-c3ccccc3)c21. The molecular weight excluding hydrogens is 295 g/mol. The molecule has 0 saturated heterocycles. The fourth-order valence-corrected chi connectivity index (χ4v) is 13.5. The minimum Gasteiger partial charge on any atom is -0.326 e. The molecule has 1 aliphatic rings. The Morgan fingerprint density at radius 2 is 1.81 bits per heavy atom. The van der Waals surface area contributed by atoms with Gasteiger partial charge >= 0.3 is 0 Å². The Morgan fingerprint density at radius 3 is 2.48 bits per heavy atom. The Morgan fingerprint density at radius 1 is 1.10 bits per heavy atom. The van der Waals surface area contributed by atoms with Crippen molar-refractivity contribution in [1.82, 2.24) is 0 Å². The molecule has 1 aliphatic heterocycles. The largest absolute Gasteiger partial charge is 0.326 e. The summed E-state index contributed by atoms with van der Waals surface area (Å²) >= 11 is 0. The van der Waals surface area contributed by atoms with E-state index in [0.29, 0.717) is 6.61 Å². The highest BCUT2D eigenvalue weighted by Gasteiger charge is 2.48. The van der Waals surface area contributed by atoms with Gasteiger partial charge in [0, 0.05) is 11.1 Å². The molecule has 0 spiro atoms. The first kappa shape index (κ1) is 14.8. The molecule has 1 unspecified atom stereocenters. The van der Waals surface area contributed by atoms with E-state index in [0.717, 1.165) is 22.2 Å². The second-order valence-corrected chi connectivity index (χ2v) is 13.8. The van der Waals surface area contributed by atoms with Crippen LogP contribution in [0.2, 0.25) is 13.1 Å². The first-order chi connectivity index (χ1) is 9.98. The summed E-state index contributed by atoms with van der Waals surface area (Å²) in [6.45, 7) is 7.01. The van der Waals surface area contributed by atoms with Crippen molar-refractivity contribution in [3.05, 3.63) is 48.5 Å². The van der Waals surface area contributed by atoms with Gasteiger partial charge in [0.1, 0.15) is 0 Å². The van der Waals surface area contributed by atoms with Crippen LogP contribution in [0, 0.1) is 0 Å². The normalized spacial score (nSPS) is 23.0. The maximum atomic E-state index is 13.5. The van der Waals surface area contributed by atoms with Gasteiger partial charge in [-0.25, -0.2) is 0 Å². The second-order valence-electron chi connectivity index (χ2n) is 6.20. The summed E-state index contributed by atoms with van der Waals surface area (Å²) in [6.07, 6.45) is 0. The second kappa shape index (κ2) is 5.24. The van der Waals surface area contributed by atoms with Crippen molar-refractivity contribution in [2.75, 3.05) is 12.4 Å². The Hall–Kier alpha value is -1.15. The molecule has 110 valence electrons. The van der Waals surface area contributed by atoms with E-state index < -0.39 is 15.4 Å². The standard InChI is InChI=1S/C17H21O2PSi/c1-4-19-20(18)13-21(2,3)16-12-8-11-15(17(16)20)14-9-6-5-7-10-14/h5-12H,4,13H2,1-3H3. The van der Waals surface area contributed by atoms with Gasteiger partial charge in [-0.05, 0) is 23.2 Å². The fourth-order valence-electron chi connectivity index (χ4n) is 3.31. The van der Waals surface area contributed by atoms with Crippen LogP contribution in [0.15, 0.2) is 48.5 Å². The minimum absolute atomic E-state index is 0.504. The first-order valence-electron chi connectivity index (χ1n) is 7.41. The van der Waals surface area contributed by atoms with E-state index in [1.807, 2.05) is 25.1 Å². The van der Waals surface area contributed by atoms with Gasteiger partial charge in [0.2, 0.25) is 7.37 Å². The van der Waals surface area contributed by atoms with Crippen molar-refractivity contribution in [1.29, 1.82) is 0 Å². The third kappa shape index (κ3) is 2.44. The molecule has 0 fully saturated rings. The average Bonchev–Trinajstić information content (AvgIpc) is 2.67. The van der Waals surface area contributed by atoms with Crippen LogP contribution in [0.3, 0.4) is 0 Å². The molecule has 2 aromatic rings. The van der Waals surface area contributed by atoms with Gasteiger partial charge in [0.15, 0.2) is 0 Å². The van der Waals surface area contributed by atoms with Crippen molar-refractivity contribution in [2.24, 2.45) is 0 Å². The monoisotopic (exact) mass is 316 g/mol. The lowest BCUT2D eigenvalue weighted by Crippen LogP contribution is -2.44. The molecule has 0 aromatic heterocycles. The molecule has 0 saturated carbocycles. The summed E-state index contributed by atoms with van der Waals surface area (Å²) in [7, 11) is -4.41. The molecule has 0 aliphatic carbocycles. The topological polar surface area (TPSA) is 26.3 Å². The molecule has 3 rings (SSSR count). The summed E-state index contributed by atoms with van der Waals surface area (Å²) in [5.41, 5.74) is 2.21. The van der Waals surface area contributed by atoms with Crippen LogP contribution < -0.4 is 10.5 Å². The van der Waals surface area contributed by atoms with E-state index >= 15 is 0 Å². The zero-order valence-electron chi connectivity index (χ0n) is 12.8. The summed E-state index contributed by atoms with van der Waals surface area (Å²) < 4.78 is 19.3. The van der Waals surface area contributed by atoms with Crippen LogP contribution in [0.1, 0.15) is 6.92 Å². The van der Waals surface area contributed by atoms with E-state index in [1.54, 1.807) is 0 Å². The third-order valence-corrected chi connectivity index (χ3v) is 12.9. The lowest BCUT2D eigenvalue weighted by molar-refractivity contribution is 0.344. The quantitative estimate of drug-likeness (QED) is 0.636. The Labute approximate surface area is 127 Å².